The van der Waals surface area contributed by atoms with Crippen molar-refractivity contribution < 1.29 is 13.9 Å². The summed E-state index contributed by atoms with van der Waals surface area (Å²) >= 11 is 0. The van der Waals surface area contributed by atoms with E-state index in [2.05, 4.69) is 32.7 Å². The first kappa shape index (κ1) is 27.0. The van der Waals surface area contributed by atoms with Gasteiger partial charge < -0.3 is 25.0 Å². The molecule has 0 saturated carbocycles. The van der Waals surface area contributed by atoms with Crippen LogP contribution in [0.3, 0.4) is 0 Å². The molecule has 1 fully saturated rings. The molecule has 0 radical (unpaired) electrons. The van der Waals surface area contributed by atoms with E-state index in [0.29, 0.717) is 12.6 Å². The second-order valence-corrected chi connectivity index (χ2v) is 7.91. The first-order valence-corrected chi connectivity index (χ1v) is 11.4. The topological polar surface area (TPSA) is 58.1 Å². The molecule has 0 unspecified atom stereocenters. The molecule has 2 N–H and O–H groups in total. The molecule has 0 aliphatic carbocycles. The van der Waals surface area contributed by atoms with Gasteiger partial charge in [-0.15, -0.1) is 24.0 Å². The minimum atomic E-state index is -0.184. The van der Waals surface area contributed by atoms with Crippen LogP contribution in [0.25, 0.3) is 0 Å². The van der Waals surface area contributed by atoms with Crippen LogP contribution in [0.5, 0.6) is 11.5 Å². The van der Waals surface area contributed by atoms with E-state index in [0.717, 1.165) is 68.5 Å². The molecule has 0 amide bonds. The number of benzene rings is 2. The van der Waals surface area contributed by atoms with Crippen molar-refractivity contribution in [1.82, 2.24) is 10.6 Å². The Kier molecular flexibility index (Phi) is 11.6. The lowest BCUT2D eigenvalue weighted by molar-refractivity contribution is 0.310. The second kappa shape index (κ2) is 14.1. The zero-order valence-corrected chi connectivity index (χ0v) is 22.1. The predicted octanol–water partition coefficient (Wildman–Crippen LogP) is 4.62. The predicted molar refractivity (Wildman–Crippen MR) is 144 cm³/mol. The second-order valence-electron chi connectivity index (χ2n) is 7.91. The van der Waals surface area contributed by atoms with Gasteiger partial charge in [0, 0.05) is 38.4 Å². The summed E-state index contributed by atoms with van der Waals surface area (Å²) in [6.07, 6.45) is 3.91. The number of aliphatic imine (C=N–C) groups is 1. The Morgan fingerprint density at radius 2 is 1.94 bits per heavy atom. The summed E-state index contributed by atoms with van der Waals surface area (Å²) in [5.41, 5.74) is 2.18. The van der Waals surface area contributed by atoms with Crippen LogP contribution in [0.4, 0.5) is 10.1 Å². The summed E-state index contributed by atoms with van der Waals surface area (Å²) in [5, 5.41) is 6.95. The van der Waals surface area contributed by atoms with E-state index in [1.54, 1.807) is 26.3 Å². The van der Waals surface area contributed by atoms with Crippen molar-refractivity contribution in [2.75, 3.05) is 45.3 Å². The number of aryl methyl sites for hydroxylation is 1. The Labute approximate surface area is 214 Å². The molecule has 3 rings (SSSR count). The van der Waals surface area contributed by atoms with Gasteiger partial charge in [0.05, 0.1) is 13.7 Å². The number of rotatable bonds is 9. The smallest absolute Gasteiger partial charge is 0.191 e. The Morgan fingerprint density at radius 3 is 2.61 bits per heavy atom. The highest BCUT2D eigenvalue weighted by Crippen LogP contribution is 2.28. The van der Waals surface area contributed by atoms with Gasteiger partial charge in [-0.1, -0.05) is 12.1 Å². The SMILES string of the molecule is CCOc1cc(CCCNC(=NC)NC2CCN(c3cccc(F)c3)CC2)ccc1OC.I. The number of methoxy groups -OCH3 is 1. The van der Waals surface area contributed by atoms with Crippen LogP contribution in [0.1, 0.15) is 31.7 Å². The number of nitrogens with zero attached hydrogens (tertiary/aromatic N) is 2. The van der Waals surface area contributed by atoms with Gasteiger partial charge in [0.1, 0.15) is 5.82 Å². The molecule has 1 aliphatic rings. The number of hydrogen-bond donors (Lipinski definition) is 2. The molecule has 2 aromatic carbocycles. The summed E-state index contributed by atoms with van der Waals surface area (Å²) < 4.78 is 24.5. The summed E-state index contributed by atoms with van der Waals surface area (Å²) in [7, 11) is 3.46. The molecule has 6 nitrogen and oxygen atoms in total. The molecule has 8 heteroatoms. The van der Waals surface area contributed by atoms with Crippen molar-refractivity contribution in [2.45, 2.75) is 38.6 Å². The number of anilines is 1. The average molecular weight is 570 g/mol. The van der Waals surface area contributed by atoms with Gasteiger partial charge in [-0.05, 0) is 68.5 Å². The standard InChI is InChI=1S/C25H35FN4O2.HI/c1-4-32-24-17-19(10-11-23(24)31-3)7-6-14-28-25(27-2)29-21-12-15-30(16-13-21)22-9-5-8-20(26)18-22;/h5,8-11,17-18,21H,4,6-7,12-16H2,1-3H3,(H2,27,28,29);1H. The van der Waals surface area contributed by atoms with Gasteiger partial charge in [0.2, 0.25) is 0 Å². The highest BCUT2D eigenvalue weighted by Gasteiger charge is 2.20. The molecule has 0 atom stereocenters. The molecular formula is C25H36FIN4O2. The largest absolute Gasteiger partial charge is 0.493 e. The molecule has 182 valence electrons. The molecule has 1 aliphatic heterocycles. The average Bonchev–Trinajstić information content (AvgIpc) is 2.82. The minimum absolute atomic E-state index is 0. The first-order chi connectivity index (χ1) is 15.6. The van der Waals surface area contributed by atoms with E-state index in [1.165, 1.54) is 11.6 Å². The van der Waals surface area contributed by atoms with Gasteiger partial charge in [-0.2, -0.15) is 0 Å². The zero-order valence-electron chi connectivity index (χ0n) is 19.8. The number of nitrogens with one attached hydrogen (secondary N) is 2. The van der Waals surface area contributed by atoms with E-state index < -0.39 is 0 Å². The normalized spacial score (nSPS) is 14.4. The third-order valence-electron chi connectivity index (χ3n) is 5.70. The number of piperidine rings is 1. The quantitative estimate of drug-likeness (QED) is 0.200. The van der Waals surface area contributed by atoms with E-state index in [4.69, 9.17) is 9.47 Å². The van der Waals surface area contributed by atoms with Crippen LogP contribution < -0.4 is 25.0 Å². The lowest BCUT2D eigenvalue weighted by Crippen LogP contribution is -2.49. The molecule has 1 saturated heterocycles. The van der Waals surface area contributed by atoms with Crippen LogP contribution in [0, 0.1) is 5.82 Å². The Bertz CT molecular complexity index is 888. The van der Waals surface area contributed by atoms with Gasteiger partial charge in [0.25, 0.3) is 0 Å². The molecule has 33 heavy (non-hydrogen) atoms. The number of ether oxygens (including phenoxy) is 2. The van der Waals surface area contributed by atoms with Gasteiger partial charge in [-0.25, -0.2) is 4.39 Å². The Balaban J connectivity index is 0.00000385. The van der Waals surface area contributed by atoms with Gasteiger partial charge in [0.15, 0.2) is 17.5 Å². The highest BCUT2D eigenvalue weighted by molar-refractivity contribution is 14.0. The molecule has 1 heterocycles. The number of hydrogen-bond acceptors (Lipinski definition) is 4. The number of guanidine groups is 1. The van der Waals surface area contributed by atoms with Crippen molar-refractivity contribution in [3.05, 3.63) is 53.8 Å². The maximum absolute atomic E-state index is 13.5. The fraction of sp³-hybridized carbons (Fsp3) is 0.480. The van der Waals surface area contributed by atoms with Crippen LogP contribution in [0.2, 0.25) is 0 Å². The van der Waals surface area contributed by atoms with Crippen molar-refractivity contribution in [1.29, 1.82) is 0 Å². The summed E-state index contributed by atoms with van der Waals surface area (Å²) in [6, 6.07) is 13.3. The maximum atomic E-state index is 13.5. The third kappa shape index (κ3) is 8.24. The van der Waals surface area contributed by atoms with Crippen LogP contribution >= 0.6 is 24.0 Å². The summed E-state index contributed by atoms with van der Waals surface area (Å²) in [5.74, 6) is 2.21. The fourth-order valence-electron chi connectivity index (χ4n) is 3.99. The Morgan fingerprint density at radius 1 is 1.15 bits per heavy atom. The van der Waals surface area contributed by atoms with Gasteiger partial charge >= 0.3 is 0 Å². The third-order valence-corrected chi connectivity index (χ3v) is 5.70. The molecular weight excluding hydrogens is 534 g/mol. The van der Waals surface area contributed by atoms with E-state index in [-0.39, 0.29) is 29.8 Å². The summed E-state index contributed by atoms with van der Waals surface area (Å²) in [4.78, 5) is 6.61. The molecule has 0 bridgehead atoms. The lowest BCUT2D eigenvalue weighted by atomic mass is 10.0. The molecule has 2 aromatic rings. The van der Waals surface area contributed by atoms with Crippen LogP contribution in [-0.4, -0.2) is 52.4 Å². The van der Waals surface area contributed by atoms with Crippen molar-refractivity contribution in [3.63, 3.8) is 0 Å². The van der Waals surface area contributed by atoms with Crippen molar-refractivity contribution in [3.8, 4) is 11.5 Å². The fourth-order valence-corrected chi connectivity index (χ4v) is 3.99. The monoisotopic (exact) mass is 570 g/mol. The zero-order chi connectivity index (χ0) is 22.8. The molecule has 0 spiro atoms. The first-order valence-electron chi connectivity index (χ1n) is 11.4. The Hall–Kier alpha value is -2.23. The lowest BCUT2D eigenvalue weighted by Gasteiger charge is -2.34. The van der Waals surface area contributed by atoms with Crippen molar-refractivity contribution in [2.24, 2.45) is 4.99 Å². The molecule has 0 aromatic heterocycles. The van der Waals surface area contributed by atoms with Gasteiger partial charge in [-0.3, -0.25) is 4.99 Å². The number of halogens is 2. The minimum Gasteiger partial charge on any atom is -0.493 e. The van der Waals surface area contributed by atoms with Crippen molar-refractivity contribution >= 4 is 35.6 Å². The van der Waals surface area contributed by atoms with Crippen LogP contribution in [-0.2, 0) is 6.42 Å². The van der Waals surface area contributed by atoms with E-state index >= 15 is 0 Å². The highest BCUT2D eigenvalue weighted by atomic mass is 127. The summed E-state index contributed by atoms with van der Waals surface area (Å²) in [6.45, 7) is 5.22. The van der Waals surface area contributed by atoms with E-state index in [1.807, 2.05) is 19.1 Å². The van der Waals surface area contributed by atoms with E-state index in [9.17, 15) is 4.39 Å². The maximum Gasteiger partial charge on any atom is 0.191 e. The van der Waals surface area contributed by atoms with Crippen LogP contribution in [0.15, 0.2) is 47.5 Å².